The molecule has 27 heavy (non-hydrogen) atoms. The van der Waals surface area contributed by atoms with E-state index in [1.54, 1.807) is 24.0 Å². The maximum Gasteiger partial charge on any atom is 0.228 e. The van der Waals surface area contributed by atoms with Gasteiger partial charge in [0.2, 0.25) is 5.91 Å². The van der Waals surface area contributed by atoms with Crippen molar-refractivity contribution in [2.45, 2.75) is 19.4 Å². The van der Waals surface area contributed by atoms with Crippen molar-refractivity contribution in [2.75, 3.05) is 25.0 Å². The Balaban J connectivity index is 1.30. The van der Waals surface area contributed by atoms with E-state index >= 15 is 0 Å². The van der Waals surface area contributed by atoms with E-state index < -0.39 is 0 Å². The van der Waals surface area contributed by atoms with Gasteiger partial charge in [-0.25, -0.2) is 4.98 Å². The number of aromatic nitrogens is 4. The molecule has 0 spiro atoms. The van der Waals surface area contributed by atoms with Crippen LogP contribution >= 0.6 is 11.3 Å². The summed E-state index contributed by atoms with van der Waals surface area (Å²) in [5.41, 5.74) is 4.69. The Morgan fingerprint density at radius 2 is 2.00 bits per heavy atom. The molecule has 1 aromatic carbocycles. The van der Waals surface area contributed by atoms with Crippen LogP contribution in [-0.4, -0.2) is 50.2 Å². The lowest BCUT2D eigenvalue weighted by Crippen LogP contribution is -2.41. The average Bonchev–Trinajstić information content (AvgIpc) is 3.41. The first-order valence-electron chi connectivity index (χ1n) is 9.12. The average molecular weight is 382 g/mol. The highest BCUT2D eigenvalue weighted by molar-refractivity contribution is 7.07. The minimum atomic E-state index is 0.0258. The Kier molecular flexibility index (Phi) is 5.55. The number of carbonyl (C=O) groups excluding carboxylic acids is 1. The monoisotopic (exact) mass is 382 g/mol. The summed E-state index contributed by atoms with van der Waals surface area (Å²) in [5.74, 6) is 0.128. The van der Waals surface area contributed by atoms with Crippen LogP contribution in [0.2, 0.25) is 0 Å². The van der Waals surface area contributed by atoms with Gasteiger partial charge in [-0.05, 0) is 31.5 Å². The summed E-state index contributed by atoms with van der Waals surface area (Å²) in [5, 5.41) is 12.7. The van der Waals surface area contributed by atoms with Gasteiger partial charge in [-0.15, -0.1) is 21.5 Å². The number of likely N-dealkylation sites (tertiary alicyclic amines) is 1. The molecule has 4 rings (SSSR count). The van der Waals surface area contributed by atoms with E-state index in [4.69, 9.17) is 0 Å². The van der Waals surface area contributed by atoms with Gasteiger partial charge in [-0.2, -0.15) is 0 Å². The number of rotatable bonds is 6. The Labute approximate surface area is 162 Å². The van der Waals surface area contributed by atoms with Gasteiger partial charge < -0.3 is 14.8 Å². The molecule has 3 aromatic rings. The molecule has 1 saturated heterocycles. The lowest BCUT2D eigenvalue weighted by molar-refractivity contribution is -0.121. The Morgan fingerprint density at radius 3 is 2.74 bits per heavy atom. The zero-order valence-corrected chi connectivity index (χ0v) is 15.8. The Bertz CT molecular complexity index is 847. The molecule has 0 radical (unpaired) electrons. The van der Waals surface area contributed by atoms with Crippen molar-refractivity contribution in [2.24, 2.45) is 5.92 Å². The molecule has 2 aromatic heterocycles. The second kappa shape index (κ2) is 8.41. The molecule has 1 fully saturated rings. The predicted molar refractivity (Wildman–Crippen MR) is 105 cm³/mol. The number of benzene rings is 1. The normalized spacial score (nSPS) is 17.7. The highest BCUT2D eigenvalue weighted by Gasteiger charge is 2.25. The molecule has 0 unspecified atom stereocenters. The zero-order chi connectivity index (χ0) is 18.5. The fourth-order valence-electron chi connectivity index (χ4n) is 3.39. The second-order valence-corrected chi connectivity index (χ2v) is 7.50. The van der Waals surface area contributed by atoms with Crippen LogP contribution in [0.5, 0.6) is 0 Å². The number of nitrogens with zero attached hydrogens (tertiary/aromatic N) is 5. The molecule has 8 heteroatoms. The molecule has 1 N–H and O–H groups in total. The molecule has 0 bridgehead atoms. The first kappa shape index (κ1) is 17.8. The van der Waals surface area contributed by atoms with Crippen molar-refractivity contribution in [1.29, 1.82) is 0 Å². The lowest BCUT2D eigenvalue weighted by atomic mass is 9.97. The number of hydrogen-bond acceptors (Lipinski definition) is 6. The quantitative estimate of drug-likeness (QED) is 0.709. The first-order chi connectivity index (χ1) is 13.3. The van der Waals surface area contributed by atoms with Gasteiger partial charge in [-0.3, -0.25) is 4.79 Å². The fourth-order valence-corrected chi connectivity index (χ4v) is 3.95. The summed E-state index contributed by atoms with van der Waals surface area (Å²) in [6.45, 7) is 3.59. The van der Waals surface area contributed by atoms with Gasteiger partial charge >= 0.3 is 0 Å². The molecule has 1 amide bonds. The van der Waals surface area contributed by atoms with Crippen LogP contribution in [0.4, 0.5) is 5.69 Å². The molecular weight excluding hydrogens is 360 g/mol. The third-order valence-corrected chi connectivity index (χ3v) is 5.48. The van der Waals surface area contributed by atoms with Gasteiger partial charge in [0, 0.05) is 36.3 Å². The second-order valence-electron chi connectivity index (χ2n) is 6.78. The fraction of sp³-hybridized carbons (Fsp3) is 0.368. The van der Waals surface area contributed by atoms with Crippen molar-refractivity contribution in [3.05, 3.63) is 47.8 Å². The summed E-state index contributed by atoms with van der Waals surface area (Å²) >= 11 is 1.58. The summed E-state index contributed by atoms with van der Waals surface area (Å²) in [4.78, 5) is 19.3. The number of piperidine rings is 1. The van der Waals surface area contributed by atoms with Crippen molar-refractivity contribution < 1.29 is 4.79 Å². The highest BCUT2D eigenvalue weighted by atomic mass is 32.1. The van der Waals surface area contributed by atoms with Crippen LogP contribution in [0.1, 0.15) is 12.8 Å². The van der Waals surface area contributed by atoms with Crippen LogP contribution in [0.25, 0.3) is 11.3 Å². The number of thiazole rings is 1. The van der Waals surface area contributed by atoms with E-state index in [0.29, 0.717) is 0 Å². The van der Waals surface area contributed by atoms with Crippen LogP contribution in [0, 0.1) is 5.92 Å². The molecule has 7 nitrogen and oxygen atoms in total. The molecule has 3 heterocycles. The Hall–Kier alpha value is -2.58. The summed E-state index contributed by atoms with van der Waals surface area (Å²) in [6.07, 6.45) is 5.43. The topological polar surface area (TPSA) is 75.9 Å². The van der Waals surface area contributed by atoms with Crippen molar-refractivity contribution in [3.63, 3.8) is 0 Å². The number of nitrogens with one attached hydrogen (secondary N) is 1. The summed E-state index contributed by atoms with van der Waals surface area (Å²) < 4.78 is 1.97. The van der Waals surface area contributed by atoms with Gasteiger partial charge in [0.15, 0.2) is 0 Å². The van der Waals surface area contributed by atoms with Crippen molar-refractivity contribution >= 4 is 22.9 Å². The largest absolute Gasteiger partial charge is 0.326 e. The van der Waals surface area contributed by atoms with Gasteiger partial charge in [-0.1, -0.05) is 12.1 Å². The van der Waals surface area contributed by atoms with Crippen LogP contribution < -0.4 is 5.32 Å². The maximum atomic E-state index is 12.7. The van der Waals surface area contributed by atoms with E-state index in [1.807, 2.05) is 39.7 Å². The minimum absolute atomic E-state index is 0.0258. The lowest BCUT2D eigenvalue weighted by Gasteiger charge is -2.31. The SMILES string of the molecule is O=C(Nc1ccc(-c2cscn2)cc1)[C@@H]1CCCN(CCn2cnnc2)C1. The molecule has 0 aliphatic carbocycles. The Morgan fingerprint density at radius 1 is 1.19 bits per heavy atom. The zero-order valence-electron chi connectivity index (χ0n) is 15.0. The van der Waals surface area contributed by atoms with E-state index in [1.165, 1.54) is 0 Å². The first-order valence-corrected chi connectivity index (χ1v) is 10.1. The molecular formula is C19H22N6OS. The van der Waals surface area contributed by atoms with Gasteiger partial charge in [0.05, 0.1) is 17.1 Å². The number of carbonyl (C=O) groups is 1. The predicted octanol–water partition coefficient (Wildman–Crippen LogP) is 2.75. The number of anilines is 1. The third kappa shape index (κ3) is 4.58. The van der Waals surface area contributed by atoms with E-state index in [2.05, 4.69) is 25.4 Å². The molecule has 1 aliphatic rings. The van der Waals surface area contributed by atoms with Crippen molar-refractivity contribution in [3.8, 4) is 11.3 Å². The molecule has 140 valence electrons. The van der Waals surface area contributed by atoms with Gasteiger partial charge in [0.1, 0.15) is 12.7 Å². The standard InChI is InChI=1S/C19H22N6OS/c26-19(23-17-5-3-15(4-6-17)18-11-27-14-20-18)16-2-1-7-24(10-16)8-9-25-12-21-22-13-25/h3-6,11-14,16H,1-2,7-10H2,(H,23,26)/t16-/m1/s1. The third-order valence-electron chi connectivity index (χ3n) is 4.90. The van der Waals surface area contributed by atoms with Crippen LogP contribution in [0.15, 0.2) is 47.8 Å². The highest BCUT2D eigenvalue weighted by Crippen LogP contribution is 2.23. The summed E-state index contributed by atoms with van der Waals surface area (Å²) in [6, 6.07) is 7.88. The summed E-state index contributed by atoms with van der Waals surface area (Å²) in [7, 11) is 0. The number of hydrogen-bond donors (Lipinski definition) is 1. The van der Waals surface area contributed by atoms with E-state index in [-0.39, 0.29) is 11.8 Å². The van der Waals surface area contributed by atoms with Crippen molar-refractivity contribution in [1.82, 2.24) is 24.6 Å². The van der Waals surface area contributed by atoms with Crippen LogP contribution in [0.3, 0.4) is 0 Å². The van der Waals surface area contributed by atoms with E-state index in [0.717, 1.165) is 56.0 Å². The van der Waals surface area contributed by atoms with E-state index in [9.17, 15) is 4.79 Å². The van der Waals surface area contributed by atoms with Crippen LogP contribution in [-0.2, 0) is 11.3 Å². The smallest absolute Gasteiger partial charge is 0.228 e. The molecule has 0 saturated carbocycles. The maximum absolute atomic E-state index is 12.7. The molecule has 1 aliphatic heterocycles. The molecule has 1 atom stereocenters. The number of amides is 1. The minimum Gasteiger partial charge on any atom is -0.326 e. The van der Waals surface area contributed by atoms with Gasteiger partial charge in [0.25, 0.3) is 0 Å².